The summed E-state index contributed by atoms with van der Waals surface area (Å²) in [6.45, 7) is 7.40. The molecule has 0 amide bonds. The van der Waals surface area contributed by atoms with Crippen LogP contribution in [0.3, 0.4) is 0 Å². The Hall–Kier alpha value is -2.22. The lowest BCUT2D eigenvalue weighted by atomic mass is 9.92. The Balaban J connectivity index is 1.65. The number of benzene rings is 1. The molecule has 0 bridgehead atoms. The Kier molecular flexibility index (Phi) is 5.70. The first-order chi connectivity index (χ1) is 14.4. The number of carbonyl (C=O) groups excluding carboxylic acids is 1. The minimum absolute atomic E-state index is 0.0231. The average Bonchev–Trinajstić information content (AvgIpc) is 3.38. The first-order valence-electron chi connectivity index (χ1n) is 10.8. The fourth-order valence-electron chi connectivity index (χ4n) is 4.62. The zero-order valence-corrected chi connectivity index (χ0v) is 18.0. The number of hydrogen-bond donors (Lipinski definition) is 2. The zero-order valence-electron chi connectivity index (χ0n) is 18.0. The van der Waals surface area contributed by atoms with Gasteiger partial charge in [0.25, 0.3) is 0 Å². The number of ether oxygens (including phenoxy) is 1. The van der Waals surface area contributed by atoms with Crippen LogP contribution in [0.15, 0.2) is 24.4 Å². The second-order valence-corrected chi connectivity index (χ2v) is 8.72. The Labute approximate surface area is 177 Å². The molecular weight excluding hydrogens is 382 g/mol. The molecule has 2 aromatic rings. The van der Waals surface area contributed by atoms with Gasteiger partial charge in [0.2, 0.25) is 0 Å². The van der Waals surface area contributed by atoms with E-state index in [1.54, 1.807) is 4.68 Å². The van der Waals surface area contributed by atoms with E-state index in [2.05, 4.69) is 18.9 Å². The Morgan fingerprint density at radius 2 is 2.20 bits per heavy atom. The minimum Gasteiger partial charge on any atom is -0.392 e. The number of Topliss-reactive ketones (excluding diaryl/α,β-unsaturated/α-hetero) is 1. The van der Waals surface area contributed by atoms with Crippen molar-refractivity contribution in [3.63, 3.8) is 0 Å². The molecule has 0 saturated carbocycles. The van der Waals surface area contributed by atoms with Crippen molar-refractivity contribution < 1.29 is 19.7 Å². The van der Waals surface area contributed by atoms with Gasteiger partial charge in [-0.1, -0.05) is 19.9 Å². The van der Waals surface area contributed by atoms with Gasteiger partial charge in [-0.2, -0.15) is 5.10 Å². The minimum atomic E-state index is -1.16. The number of fused-ring (bicyclic) bond motifs is 3. The quantitative estimate of drug-likeness (QED) is 0.647. The largest absolute Gasteiger partial charge is 0.392 e. The molecule has 2 aliphatic rings. The van der Waals surface area contributed by atoms with Crippen LogP contribution < -0.4 is 4.90 Å². The summed E-state index contributed by atoms with van der Waals surface area (Å²) in [5.74, 6) is 0.524. The van der Waals surface area contributed by atoms with Crippen LogP contribution in [0.1, 0.15) is 60.8 Å². The molecule has 7 nitrogen and oxygen atoms in total. The van der Waals surface area contributed by atoms with Crippen LogP contribution in [-0.2, 0) is 29.9 Å². The van der Waals surface area contributed by atoms with E-state index in [9.17, 15) is 15.0 Å². The summed E-state index contributed by atoms with van der Waals surface area (Å²) in [6, 6.07) is 5.52. The summed E-state index contributed by atoms with van der Waals surface area (Å²) >= 11 is 0. The van der Waals surface area contributed by atoms with Crippen molar-refractivity contribution in [1.82, 2.24) is 9.78 Å². The van der Waals surface area contributed by atoms with E-state index in [4.69, 9.17) is 4.74 Å². The van der Waals surface area contributed by atoms with Gasteiger partial charge in [-0.15, -0.1) is 0 Å². The van der Waals surface area contributed by atoms with Crippen LogP contribution in [0, 0.1) is 5.92 Å². The van der Waals surface area contributed by atoms with E-state index in [-0.39, 0.29) is 18.9 Å². The highest BCUT2D eigenvalue weighted by Crippen LogP contribution is 2.49. The first-order valence-corrected chi connectivity index (χ1v) is 10.8. The molecule has 2 atom stereocenters. The highest BCUT2D eigenvalue weighted by molar-refractivity contribution is 5.99. The topological polar surface area (TPSA) is 87.8 Å². The van der Waals surface area contributed by atoms with Crippen LogP contribution in [0.4, 0.5) is 5.69 Å². The average molecular weight is 414 g/mol. The summed E-state index contributed by atoms with van der Waals surface area (Å²) in [5.41, 5.74) is 2.73. The fourth-order valence-corrected chi connectivity index (χ4v) is 4.62. The third kappa shape index (κ3) is 3.45. The molecule has 30 heavy (non-hydrogen) atoms. The molecule has 1 unspecified atom stereocenters. The number of carbonyl (C=O) groups is 1. The maximum absolute atomic E-state index is 13.5. The molecule has 1 fully saturated rings. The zero-order chi connectivity index (χ0) is 21.5. The number of hydrogen-bond acceptors (Lipinski definition) is 6. The molecule has 162 valence electrons. The molecule has 1 saturated heterocycles. The fraction of sp³-hybridized carbons (Fsp3) is 0.565. The molecule has 2 aliphatic heterocycles. The number of aliphatic hydroxyl groups is 2. The number of rotatable bonds is 8. The van der Waals surface area contributed by atoms with Crippen LogP contribution in [0.25, 0.3) is 0 Å². The lowest BCUT2D eigenvalue weighted by Crippen LogP contribution is -2.44. The summed E-state index contributed by atoms with van der Waals surface area (Å²) in [5, 5.41) is 25.3. The SMILES string of the molecule is CCn1ncc(CCC(C)C)c1C(=O)CN1c2ccc(CO)cc2[C@]2(O)CCOC12. The number of nitrogens with zero attached hydrogens (tertiary/aromatic N) is 3. The Morgan fingerprint density at radius 1 is 1.40 bits per heavy atom. The summed E-state index contributed by atoms with van der Waals surface area (Å²) in [6.07, 6.45) is 3.50. The van der Waals surface area contributed by atoms with Crippen molar-refractivity contribution in [1.29, 1.82) is 0 Å². The van der Waals surface area contributed by atoms with E-state index in [0.29, 0.717) is 31.2 Å². The monoisotopic (exact) mass is 413 g/mol. The van der Waals surface area contributed by atoms with Gasteiger partial charge in [0.15, 0.2) is 12.0 Å². The van der Waals surface area contributed by atoms with Crippen molar-refractivity contribution in [2.24, 2.45) is 5.92 Å². The third-order valence-electron chi connectivity index (χ3n) is 6.25. The molecule has 0 spiro atoms. The lowest BCUT2D eigenvalue weighted by Gasteiger charge is -2.28. The smallest absolute Gasteiger partial charge is 0.200 e. The maximum atomic E-state index is 13.5. The summed E-state index contributed by atoms with van der Waals surface area (Å²) in [4.78, 5) is 15.3. The number of aryl methyl sites for hydroxylation is 2. The number of anilines is 1. The highest BCUT2D eigenvalue weighted by atomic mass is 16.5. The van der Waals surface area contributed by atoms with Gasteiger partial charge in [-0.05, 0) is 43.4 Å². The van der Waals surface area contributed by atoms with Crippen LogP contribution in [0.2, 0.25) is 0 Å². The number of aliphatic hydroxyl groups excluding tert-OH is 1. The third-order valence-corrected chi connectivity index (χ3v) is 6.25. The highest BCUT2D eigenvalue weighted by Gasteiger charge is 2.54. The molecular formula is C23H31N3O4. The maximum Gasteiger partial charge on any atom is 0.200 e. The Morgan fingerprint density at radius 3 is 2.90 bits per heavy atom. The molecule has 2 N–H and O–H groups in total. The van der Waals surface area contributed by atoms with Crippen LogP contribution >= 0.6 is 0 Å². The normalized spacial score (nSPS) is 22.6. The second kappa shape index (κ2) is 8.13. The second-order valence-electron chi connectivity index (χ2n) is 8.72. The Bertz CT molecular complexity index is 939. The van der Waals surface area contributed by atoms with Crippen molar-refractivity contribution >= 4 is 11.5 Å². The van der Waals surface area contributed by atoms with Crippen molar-refractivity contribution in [3.8, 4) is 0 Å². The van der Waals surface area contributed by atoms with Gasteiger partial charge in [-0.25, -0.2) is 0 Å². The summed E-state index contributed by atoms with van der Waals surface area (Å²) in [7, 11) is 0. The first kappa shape index (κ1) is 21.0. The van der Waals surface area contributed by atoms with Crippen molar-refractivity contribution in [2.45, 2.75) is 65.0 Å². The molecule has 0 radical (unpaired) electrons. The molecule has 7 heteroatoms. The van der Waals surface area contributed by atoms with Crippen molar-refractivity contribution in [3.05, 3.63) is 46.8 Å². The molecule has 0 aliphatic carbocycles. The van der Waals surface area contributed by atoms with Gasteiger partial charge >= 0.3 is 0 Å². The lowest BCUT2D eigenvalue weighted by molar-refractivity contribution is -0.0301. The van der Waals surface area contributed by atoms with E-state index in [1.165, 1.54) is 0 Å². The van der Waals surface area contributed by atoms with E-state index < -0.39 is 11.8 Å². The summed E-state index contributed by atoms with van der Waals surface area (Å²) < 4.78 is 7.64. The van der Waals surface area contributed by atoms with Crippen LogP contribution in [-0.4, -0.2) is 45.2 Å². The van der Waals surface area contributed by atoms with E-state index >= 15 is 0 Å². The van der Waals surface area contributed by atoms with Crippen molar-refractivity contribution in [2.75, 3.05) is 18.1 Å². The number of ketones is 1. The van der Waals surface area contributed by atoms with E-state index in [1.807, 2.05) is 36.2 Å². The van der Waals surface area contributed by atoms with Gasteiger partial charge < -0.3 is 19.8 Å². The molecule has 1 aromatic heterocycles. The van der Waals surface area contributed by atoms with Gasteiger partial charge in [0, 0.05) is 29.8 Å². The van der Waals surface area contributed by atoms with Crippen LogP contribution in [0.5, 0.6) is 0 Å². The van der Waals surface area contributed by atoms with Gasteiger partial charge in [0.05, 0.1) is 26.0 Å². The predicted octanol–water partition coefficient (Wildman–Crippen LogP) is 2.62. The number of aromatic nitrogens is 2. The molecule has 3 heterocycles. The van der Waals surface area contributed by atoms with Gasteiger partial charge in [0.1, 0.15) is 11.3 Å². The molecule has 1 aromatic carbocycles. The predicted molar refractivity (Wildman–Crippen MR) is 113 cm³/mol. The molecule has 4 rings (SSSR count). The van der Waals surface area contributed by atoms with Gasteiger partial charge in [-0.3, -0.25) is 9.48 Å². The standard InChI is InChI=1S/C23H31N3O4/c1-4-26-21(17(12-24-26)7-5-15(2)3)20(28)13-25-19-8-6-16(14-27)11-18(19)23(29)9-10-30-22(23)25/h6,8,11-12,15,22,27,29H,4-5,7,9-10,13-14H2,1-3H3/t22?,23-/m1/s1. The van der Waals surface area contributed by atoms with E-state index in [0.717, 1.165) is 35.2 Å².